The Morgan fingerprint density at radius 1 is 1.32 bits per heavy atom. The number of fused-ring (bicyclic) bond motifs is 3. The molecule has 2 fully saturated rings. The molecular weight excluding hydrogens is 336 g/mol. The maximum Gasteiger partial charge on any atom is 0.224 e. The van der Waals surface area contributed by atoms with Crippen LogP contribution in [0.5, 0.6) is 0 Å². The van der Waals surface area contributed by atoms with Crippen LogP contribution in [0.2, 0.25) is 0 Å². The fourth-order valence-corrected chi connectivity index (χ4v) is 4.36. The topological polar surface area (TPSA) is 58.4 Å². The minimum Gasteiger partial charge on any atom is -0.344 e. The van der Waals surface area contributed by atoms with Crippen LogP contribution in [-0.2, 0) is 10.3 Å². The Hall–Kier alpha value is -1.59. The van der Waals surface area contributed by atoms with Gasteiger partial charge in [0, 0.05) is 24.2 Å². The lowest BCUT2D eigenvalue weighted by atomic mass is 9.90. The van der Waals surface area contributed by atoms with E-state index in [1.807, 2.05) is 32.3 Å². The summed E-state index contributed by atoms with van der Waals surface area (Å²) in [6, 6.07) is 5.16. The molecule has 2 bridgehead atoms. The van der Waals surface area contributed by atoms with Crippen LogP contribution in [0, 0.1) is 12.8 Å². The molecule has 25 heavy (non-hydrogen) atoms. The number of pyridine rings is 1. The van der Waals surface area contributed by atoms with Crippen LogP contribution in [0.3, 0.4) is 0 Å². The second-order valence-electron chi connectivity index (χ2n) is 7.95. The van der Waals surface area contributed by atoms with Gasteiger partial charge < -0.3 is 15.0 Å². The van der Waals surface area contributed by atoms with E-state index in [1.54, 1.807) is 0 Å². The molecule has 3 atom stereocenters. The van der Waals surface area contributed by atoms with Gasteiger partial charge in [0.1, 0.15) is 5.82 Å². The van der Waals surface area contributed by atoms with Crippen molar-refractivity contribution < 1.29 is 4.79 Å². The van der Waals surface area contributed by atoms with Crippen LogP contribution < -0.4 is 10.6 Å². The maximum atomic E-state index is 12.9. The number of piperidine rings is 1. The number of nitrogens with zero attached hydrogens (tertiary/aromatic N) is 2. The molecule has 1 amide bonds. The van der Waals surface area contributed by atoms with Crippen molar-refractivity contribution >= 4 is 23.8 Å². The van der Waals surface area contributed by atoms with Gasteiger partial charge in [-0.05, 0) is 58.1 Å². The maximum absolute atomic E-state index is 12.9. The molecule has 2 aromatic rings. The standard InChI is InChI=1S/C19H26N4O.ClH/c1-12-5-4-8-23-16(12)11-20-18(23)19(2,3)22-17(24)13-9-14-6-7-15(10-13)21-14;/h4-5,8,11,13-15,21H,6-7,9-10H2,1-3H3,(H,22,24);1H/t13?,14-,15+;. The normalized spacial score (nSPS) is 25.6. The Kier molecular flexibility index (Phi) is 4.82. The molecule has 0 aliphatic carbocycles. The summed E-state index contributed by atoms with van der Waals surface area (Å²) >= 11 is 0. The molecular formula is C19H27ClN4O. The predicted octanol–water partition coefficient (Wildman–Crippen LogP) is 2.95. The molecule has 6 heteroatoms. The van der Waals surface area contributed by atoms with Gasteiger partial charge in [-0.15, -0.1) is 12.4 Å². The number of aryl methyl sites for hydroxylation is 1. The highest BCUT2D eigenvalue weighted by molar-refractivity contribution is 5.85. The average molecular weight is 363 g/mol. The number of halogens is 1. The molecule has 0 saturated carbocycles. The van der Waals surface area contributed by atoms with E-state index in [4.69, 9.17) is 0 Å². The van der Waals surface area contributed by atoms with Gasteiger partial charge in [0.05, 0.1) is 17.3 Å². The lowest BCUT2D eigenvalue weighted by Gasteiger charge is -2.32. The van der Waals surface area contributed by atoms with Crippen LogP contribution in [0.25, 0.3) is 5.52 Å². The van der Waals surface area contributed by atoms with E-state index in [-0.39, 0.29) is 24.2 Å². The van der Waals surface area contributed by atoms with E-state index >= 15 is 0 Å². The Balaban J connectivity index is 0.00000182. The van der Waals surface area contributed by atoms with E-state index in [0.717, 1.165) is 24.2 Å². The number of imidazole rings is 1. The highest BCUT2D eigenvalue weighted by Crippen LogP contribution is 2.32. The largest absolute Gasteiger partial charge is 0.344 e. The summed E-state index contributed by atoms with van der Waals surface area (Å²) in [4.78, 5) is 17.5. The fourth-order valence-electron chi connectivity index (χ4n) is 4.36. The second-order valence-corrected chi connectivity index (χ2v) is 7.95. The van der Waals surface area contributed by atoms with Gasteiger partial charge in [0.2, 0.25) is 5.91 Å². The average Bonchev–Trinajstić information content (AvgIpc) is 3.11. The third-order valence-corrected chi connectivity index (χ3v) is 5.62. The van der Waals surface area contributed by atoms with Crippen LogP contribution >= 0.6 is 12.4 Å². The highest BCUT2D eigenvalue weighted by Gasteiger charge is 2.38. The first-order valence-electron chi connectivity index (χ1n) is 8.95. The Morgan fingerprint density at radius 2 is 2.00 bits per heavy atom. The summed E-state index contributed by atoms with van der Waals surface area (Å²) in [6.07, 6.45) is 8.25. The smallest absolute Gasteiger partial charge is 0.224 e. The number of hydrogen-bond donors (Lipinski definition) is 2. The van der Waals surface area contributed by atoms with E-state index in [0.29, 0.717) is 12.1 Å². The molecule has 5 nitrogen and oxygen atoms in total. The van der Waals surface area contributed by atoms with Crippen molar-refractivity contribution in [3.8, 4) is 0 Å². The highest BCUT2D eigenvalue weighted by atomic mass is 35.5. The summed E-state index contributed by atoms with van der Waals surface area (Å²) in [6.45, 7) is 6.16. The van der Waals surface area contributed by atoms with Gasteiger partial charge in [-0.1, -0.05) is 6.07 Å². The summed E-state index contributed by atoms with van der Waals surface area (Å²) in [5.41, 5.74) is 1.78. The molecule has 2 saturated heterocycles. The van der Waals surface area contributed by atoms with E-state index in [9.17, 15) is 4.79 Å². The summed E-state index contributed by atoms with van der Waals surface area (Å²) in [5.74, 6) is 1.17. The zero-order valence-corrected chi connectivity index (χ0v) is 15.9. The third kappa shape index (κ3) is 3.27. The van der Waals surface area contributed by atoms with Crippen molar-refractivity contribution in [2.45, 2.75) is 64.1 Å². The number of rotatable bonds is 3. The summed E-state index contributed by atoms with van der Waals surface area (Å²) in [7, 11) is 0. The first kappa shape index (κ1) is 18.2. The molecule has 2 aliphatic heterocycles. The fraction of sp³-hybridized carbons (Fsp3) is 0.579. The Morgan fingerprint density at radius 3 is 2.68 bits per heavy atom. The van der Waals surface area contributed by atoms with Gasteiger partial charge in [-0.3, -0.25) is 4.79 Å². The van der Waals surface area contributed by atoms with E-state index in [2.05, 4.69) is 33.0 Å². The van der Waals surface area contributed by atoms with Crippen molar-refractivity contribution in [3.63, 3.8) is 0 Å². The molecule has 0 aromatic carbocycles. The van der Waals surface area contributed by atoms with Gasteiger partial charge in [-0.25, -0.2) is 4.98 Å². The van der Waals surface area contributed by atoms with E-state index in [1.165, 1.54) is 18.4 Å². The number of amides is 1. The minimum atomic E-state index is -0.499. The monoisotopic (exact) mass is 362 g/mol. The molecule has 2 aliphatic rings. The van der Waals surface area contributed by atoms with E-state index < -0.39 is 5.54 Å². The molecule has 0 spiro atoms. The van der Waals surface area contributed by atoms with Crippen molar-refractivity contribution in [1.82, 2.24) is 20.0 Å². The molecule has 0 radical (unpaired) electrons. The van der Waals surface area contributed by atoms with Gasteiger partial charge in [0.15, 0.2) is 0 Å². The Bertz CT molecular complexity index is 773. The SMILES string of the molecule is Cc1cccn2c(C(C)(C)NC(=O)C3C[C@H]4CC[C@@H](C3)N4)ncc12.Cl. The lowest BCUT2D eigenvalue weighted by molar-refractivity contribution is -0.128. The van der Waals surface area contributed by atoms with Crippen LogP contribution in [0.1, 0.15) is 50.9 Å². The second kappa shape index (κ2) is 6.61. The van der Waals surface area contributed by atoms with Crippen LogP contribution in [0.15, 0.2) is 24.5 Å². The third-order valence-electron chi connectivity index (χ3n) is 5.62. The van der Waals surface area contributed by atoms with Gasteiger partial charge >= 0.3 is 0 Å². The minimum absolute atomic E-state index is 0. The number of nitrogens with one attached hydrogen (secondary N) is 2. The van der Waals surface area contributed by atoms with Gasteiger partial charge in [-0.2, -0.15) is 0 Å². The van der Waals surface area contributed by atoms with Crippen molar-refractivity contribution in [2.75, 3.05) is 0 Å². The molecule has 4 rings (SSSR count). The first-order chi connectivity index (χ1) is 11.4. The van der Waals surface area contributed by atoms with Crippen molar-refractivity contribution in [3.05, 3.63) is 35.9 Å². The molecule has 136 valence electrons. The zero-order valence-electron chi connectivity index (χ0n) is 15.1. The predicted molar refractivity (Wildman–Crippen MR) is 101 cm³/mol. The molecule has 4 heterocycles. The van der Waals surface area contributed by atoms with Crippen molar-refractivity contribution in [2.24, 2.45) is 5.92 Å². The zero-order chi connectivity index (χ0) is 16.9. The number of carbonyl (C=O) groups is 1. The van der Waals surface area contributed by atoms with Crippen LogP contribution in [-0.4, -0.2) is 27.4 Å². The van der Waals surface area contributed by atoms with Gasteiger partial charge in [0.25, 0.3) is 0 Å². The Labute approximate surface area is 155 Å². The van der Waals surface area contributed by atoms with Crippen LogP contribution in [0.4, 0.5) is 0 Å². The quantitative estimate of drug-likeness (QED) is 0.882. The summed E-state index contributed by atoms with van der Waals surface area (Å²) in [5, 5.41) is 6.86. The summed E-state index contributed by atoms with van der Waals surface area (Å²) < 4.78 is 2.09. The molecule has 2 N–H and O–H groups in total. The number of hydrogen-bond acceptors (Lipinski definition) is 3. The molecule has 1 unspecified atom stereocenters. The number of aromatic nitrogens is 2. The lowest BCUT2D eigenvalue weighted by Crippen LogP contribution is -2.49. The van der Waals surface area contributed by atoms with Crippen molar-refractivity contribution in [1.29, 1.82) is 0 Å². The number of carbonyl (C=O) groups excluding carboxylic acids is 1. The first-order valence-corrected chi connectivity index (χ1v) is 8.95. The molecule has 2 aromatic heterocycles.